The number of rotatable bonds is 7. The Morgan fingerprint density at radius 1 is 1.38 bits per heavy atom. The summed E-state index contributed by atoms with van der Waals surface area (Å²) in [6, 6.07) is -0.778. The summed E-state index contributed by atoms with van der Waals surface area (Å²) in [7, 11) is 3.74. The average Bonchev–Trinajstić information content (AvgIpc) is 2.21. The molecule has 1 amide bonds. The van der Waals surface area contributed by atoms with E-state index in [9.17, 15) is 9.59 Å². The van der Waals surface area contributed by atoms with E-state index in [-0.39, 0.29) is 11.8 Å². The molecule has 0 aliphatic rings. The summed E-state index contributed by atoms with van der Waals surface area (Å²) >= 11 is 0. The predicted molar refractivity (Wildman–Crippen MR) is 62.2 cm³/mol. The number of carboxylic acid groups (broad SMARTS) is 1. The molecule has 0 aromatic rings. The van der Waals surface area contributed by atoms with Crippen molar-refractivity contribution in [2.24, 2.45) is 5.92 Å². The molecule has 0 aromatic heterocycles. The minimum absolute atomic E-state index is 0.0548. The quantitative estimate of drug-likeness (QED) is 0.670. The maximum Gasteiger partial charge on any atom is 0.326 e. The summed E-state index contributed by atoms with van der Waals surface area (Å²) in [6.45, 7) is 4.36. The van der Waals surface area contributed by atoms with Crippen LogP contribution in [0.5, 0.6) is 0 Å². The number of hydrogen-bond donors (Lipinski definition) is 2. The zero-order valence-electron chi connectivity index (χ0n) is 10.5. The van der Waals surface area contributed by atoms with Crippen LogP contribution < -0.4 is 5.32 Å². The SMILES string of the molecule is CC[C@H](C)[C@H](NC(=O)CCN(C)C)C(=O)O. The molecular weight excluding hydrogens is 208 g/mol. The summed E-state index contributed by atoms with van der Waals surface area (Å²) in [5.41, 5.74) is 0. The maximum absolute atomic E-state index is 11.5. The zero-order chi connectivity index (χ0) is 12.7. The lowest BCUT2D eigenvalue weighted by molar-refractivity contribution is -0.143. The van der Waals surface area contributed by atoms with E-state index < -0.39 is 12.0 Å². The first-order valence-corrected chi connectivity index (χ1v) is 5.55. The van der Waals surface area contributed by atoms with Gasteiger partial charge in [0.2, 0.25) is 5.91 Å². The van der Waals surface area contributed by atoms with Gasteiger partial charge in [-0.15, -0.1) is 0 Å². The number of carbonyl (C=O) groups is 2. The van der Waals surface area contributed by atoms with Gasteiger partial charge in [-0.1, -0.05) is 20.3 Å². The van der Waals surface area contributed by atoms with Crippen LogP contribution in [0.1, 0.15) is 26.7 Å². The minimum atomic E-state index is -0.965. The third-order valence-corrected chi connectivity index (χ3v) is 2.58. The molecule has 0 rings (SSSR count). The molecule has 94 valence electrons. The van der Waals surface area contributed by atoms with Crippen molar-refractivity contribution in [2.45, 2.75) is 32.7 Å². The fourth-order valence-corrected chi connectivity index (χ4v) is 1.25. The largest absolute Gasteiger partial charge is 0.480 e. The third kappa shape index (κ3) is 5.70. The van der Waals surface area contributed by atoms with Crippen LogP contribution in [0.25, 0.3) is 0 Å². The Hall–Kier alpha value is -1.10. The summed E-state index contributed by atoms with van der Waals surface area (Å²) in [6.07, 6.45) is 1.05. The summed E-state index contributed by atoms with van der Waals surface area (Å²) < 4.78 is 0. The molecule has 0 saturated heterocycles. The van der Waals surface area contributed by atoms with Crippen molar-refractivity contribution in [1.29, 1.82) is 0 Å². The molecule has 0 aliphatic carbocycles. The highest BCUT2D eigenvalue weighted by molar-refractivity contribution is 5.83. The van der Waals surface area contributed by atoms with E-state index in [1.54, 1.807) is 0 Å². The van der Waals surface area contributed by atoms with Gasteiger partial charge in [-0.25, -0.2) is 4.79 Å². The van der Waals surface area contributed by atoms with Crippen molar-refractivity contribution in [1.82, 2.24) is 10.2 Å². The molecule has 0 fully saturated rings. The number of hydrogen-bond acceptors (Lipinski definition) is 3. The van der Waals surface area contributed by atoms with Gasteiger partial charge in [0.15, 0.2) is 0 Å². The first kappa shape index (κ1) is 14.9. The second kappa shape index (κ2) is 7.22. The lowest BCUT2D eigenvalue weighted by Crippen LogP contribution is -2.45. The van der Waals surface area contributed by atoms with Gasteiger partial charge in [0.05, 0.1) is 0 Å². The molecule has 0 aromatic carbocycles. The Morgan fingerprint density at radius 2 is 1.94 bits per heavy atom. The summed E-state index contributed by atoms with van der Waals surface area (Å²) in [5.74, 6) is -1.23. The number of nitrogens with zero attached hydrogens (tertiary/aromatic N) is 1. The van der Waals surface area contributed by atoms with Gasteiger partial charge in [0.1, 0.15) is 6.04 Å². The normalized spacial score (nSPS) is 14.6. The number of nitrogens with one attached hydrogen (secondary N) is 1. The van der Waals surface area contributed by atoms with Gasteiger partial charge in [-0.3, -0.25) is 4.79 Å². The van der Waals surface area contributed by atoms with Gasteiger partial charge >= 0.3 is 5.97 Å². The molecule has 0 unspecified atom stereocenters. The first-order valence-electron chi connectivity index (χ1n) is 5.55. The molecule has 2 N–H and O–H groups in total. The van der Waals surface area contributed by atoms with Crippen LogP contribution in [0, 0.1) is 5.92 Å². The van der Waals surface area contributed by atoms with E-state index in [4.69, 9.17) is 5.11 Å². The van der Waals surface area contributed by atoms with Crippen LogP contribution in [-0.2, 0) is 9.59 Å². The number of carbonyl (C=O) groups excluding carboxylic acids is 1. The molecular formula is C11H22N2O3. The Bertz CT molecular complexity index is 241. The highest BCUT2D eigenvalue weighted by Crippen LogP contribution is 2.08. The van der Waals surface area contributed by atoms with Crippen molar-refractivity contribution in [3.63, 3.8) is 0 Å². The van der Waals surface area contributed by atoms with Crippen molar-refractivity contribution in [2.75, 3.05) is 20.6 Å². The molecule has 0 saturated carbocycles. The molecule has 0 heterocycles. The molecule has 5 nitrogen and oxygen atoms in total. The Balaban J connectivity index is 4.19. The van der Waals surface area contributed by atoms with E-state index in [1.165, 1.54) is 0 Å². The monoisotopic (exact) mass is 230 g/mol. The predicted octanol–water partition coefficient (Wildman–Crippen LogP) is 0.554. The number of carboxylic acids is 1. The van der Waals surface area contributed by atoms with E-state index >= 15 is 0 Å². The number of aliphatic carboxylic acids is 1. The van der Waals surface area contributed by atoms with Crippen LogP contribution in [0.4, 0.5) is 0 Å². The molecule has 2 atom stereocenters. The van der Waals surface area contributed by atoms with Crippen molar-refractivity contribution in [3.05, 3.63) is 0 Å². The highest BCUT2D eigenvalue weighted by Gasteiger charge is 2.24. The Morgan fingerprint density at radius 3 is 2.31 bits per heavy atom. The summed E-state index contributed by atoms with van der Waals surface area (Å²) in [4.78, 5) is 24.3. The van der Waals surface area contributed by atoms with Gasteiger partial charge in [0.25, 0.3) is 0 Å². The number of amides is 1. The Labute approximate surface area is 96.8 Å². The lowest BCUT2D eigenvalue weighted by Gasteiger charge is -2.20. The van der Waals surface area contributed by atoms with Crippen LogP contribution in [0.2, 0.25) is 0 Å². The first-order chi connectivity index (χ1) is 7.38. The fraction of sp³-hybridized carbons (Fsp3) is 0.818. The van der Waals surface area contributed by atoms with Crippen LogP contribution in [0.3, 0.4) is 0 Å². The van der Waals surface area contributed by atoms with E-state index in [1.807, 2.05) is 32.8 Å². The van der Waals surface area contributed by atoms with Crippen molar-refractivity contribution >= 4 is 11.9 Å². The molecule has 0 bridgehead atoms. The van der Waals surface area contributed by atoms with E-state index in [0.717, 1.165) is 6.42 Å². The standard InChI is InChI=1S/C11H22N2O3/c1-5-8(2)10(11(15)16)12-9(14)6-7-13(3)4/h8,10H,5-7H2,1-4H3,(H,12,14)(H,15,16)/t8-,10-/m0/s1. The molecule has 0 aliphatic heterocycles. The summed E-state index contributed by atoms with van der Waals surface area (Å²) in [5, 5.41) is 11.5. The average molecular weight is 230 g/mol. The van der Waals surface area contributed by atoms with E-state index in [2.05, 4.69) is 5.32 Å². The Kier molecular flexibility index (Phi) is 6.72. The smallest absolute Gasteiger partial charge is 0.326 e. The van der Waals surface area contributed by atoms with Gasteiger partial charge in [-0.05, 0) is 20.0 Å². The molecule has 0 radical (unpaired) electrons. The lowest BCUT2D eigenvalue weighted by atomic mass is 9.99. The zero-order valence-corrected chi connectivity index (χ0v) is 10.5. The second-order valence-corrected chi connectivity index (χ2v) is 4.32. The van der Waals surface area contributed by atoms with Gasteiger partial charge in [-0.2, -0.15) is 0 Å². The fourth-order valence-electron chi connectivity index (χ4n) is 1.25. The van der Waals surface area contributed by atoms with Crippen molar-refractivity contribution in [3.8, 4) is 0 Å². The molecule has 0 spiro atoms. The van der Waals surface area contributed by atoms with Gasteiger partial charge in [0, 0.05) is 13.0 Å². The highest BCUT2D eigenvalue weighted by atomic mass is 16.4. The topological polar surface area (TPSA) is 69.6 Å². The molecule has 16 heavy (non-hydrogen) atoms. The van der Waals surface area contributed by atoms with Crippen molar-refractivity contribution < 1.29 is 14.7 Å². The van der Waals surface area contributed by atoms with Crippen LogP contribution >= 0.6 is 0 Å². The molecule has 5 heteroatoms. The van der Waals surface area contributed by atoms with Crippen LogP contribution in [-0.4, -0.2) is 48.6 Å². The van der Waals surface area contributed by atoms with Crippen LogP contribution in [0.15, 0.2) is 0 Å². The minimum Gasteiger partial charge on any atom is -0.480 e. The van der Waals surface area contributed by atoms with Gasteiger partial charge < -0.3 is 15.3 Å². The third-order valence-electron chi connectivity index (χ3n) is 2.58. The van der Waals surface area contributed by atoms with E-state index in [0.29, 0.717) is 13.0 Å². The maximum atomic E-state index is 11.5. The second-order valence-electron chi connectivity index (χ2n) is 4.32.